The first-order valence-corrected chi connectivity index (χ1v) is 5.68. The molecule has 1 atom stereocenters. The third kappa shape index (κ3) is 2.67. The lowest BCUT2D eigenvalue weighted by molar-refractivity contribution is 0.00644. The van der Waals surface area contributed by atoms with Crippen LogP contribution in [0.3, 0.4) is 0 Å². The Morgan fingerprint density at radius 2 is 2.19 bits per heavy atom. The molecule has 0 radical (unpaired) electrons. The Balaban J connectivity index is 2.07. The summed E-state index contributed by atoms with van der Waals surface area (Å²) in [5.74, 6) is 1.61. The number of hydrogen-bond donors (Lipinski definition) is 0. The molecule has 1 aromatic carbocycles. The summed E-state index contributed by atoms with van der Waals surface area (Å²) in [6.45, 7) is 3.57. The zero-order valence-electron chi connectivity index (χ0n) is 9.86. The van der Waals surface area contributed by atoms with Gasteiger partial charge in [0.25, 0.3) is 0 Å². The first-order chi connectivity index (χ1) is 7.79. The maximum atomic E-state index is 5.88. The summed E-state index contributed by atoms with van der Waals surface area (Å²) in [4.78, 5) is 0. The van der Waals surface area contributed by atoms with Crippen molar-refractivity contribution >= 4 is 0 Å². The molecule has 0 bridgehead atoms. The minimum Gasteiger partial charge on any atom is -0.493 e. The first kappa shape index (κ1) is 11.3. The van der Waals surface area contributed by atoms with Crippen molar-refractivity contribution in [2.45, 2.75) is 25.9 Å². The predicted octanol–water partition coefficient (Wildman–Crippen LogP) is 2.56. The van der Waals surface area contributed by atoms with Crippen LogP contribution in [0, 0.1) is 6.92 Å². The largest absolute Gasteiger partial charge is 0.493 e. The van der Waals surface area contributed by atoms with Gasteiger partial charge in [-0.25, -0.2) is 0 Å². The van der Waals surface area contributed by atoms with Crippen molar-refractivity contribution in [2.24, 2.45) is 0 Å². The molecule has 0 saturated carbocycles. The molecule has 1 aliphatic rings. The van der Waals surface area contributed by atoms with E-state index in [1.54, 1.807) is 7.11 Å². The highest BCUT2D eigenvalue weighted by molar-refractivity contribution is 5.42. The Bertz CT molecular complexity index is 343. The Kier molecular flexibility index (Phi) is 3.67. The minimum absolute atomic E-state index is 0.158. The van der Waals surface area contributed by atoms with Gasteiger partial charge in [0.15, 0.2) is 11.5 Å². The van der Waals surface area contributed by atoms with E-state index >= 15 is 0 Å². The smallest absolute Gasteiger partial charge is 0.161 e. The second-order valence-corrected chi connectivity index (χ2v) is 4.11. The lowest BCUT2D eigenvalue weighted by atomic mass is 10.1. The average molecular weight is 222 g/mol. The molecule has 1 saturated heterocycles. The summed E-state index contributed by atoms with van der Waals surface area (Å²) < 4.78 is 16.6. The van der Waals surface area contributed by atoms with E-state index in [-0.39, 0.29) is 6.10 Å². The van der Waals surface area contributed by atoms with Crippen molar-refractivity contribution in [2.75, 3.05) is 20.3 Å². The molecular formula is C13H18O3. The van der Waals surface area contributed by atoms with Crippen molar-refractivity contribution in [3.63, 3.8) is 0 Å². The predicted molar refractivity (Wildman–Crippen MR) is 62.2 cm³/mol. The van der Waals surface area contributed by atoms with E-state index in [0.717, 1.165) is 30.9 Å². The molecule has 1 aliphatic heterocycles. The van der Waals surface area contributed by atoms with Crippen LogP contribution in [0.25, 0.3) is 0 Å². The van der Waals surface area contributed by atoms with E-state index in [9.17, 15) is 0 Å². The highest BCUT2D eigenvalue weighted by Gasteiger charge is 2.17. The first-order valence-electron chi connectivity index (χ1n) is 5.68. The number of aryl methyl sites for hydroxylation is 1. The molecule has 0 aliphatic carbocycles. The van der Waals surface area contributed by atoms with Gasteiger partial charge in [0.05, 0.1) is 13.7 Å². The van der Waals surface area contributed by atoms with Gasteiger partial charge in [0, 0.05) is 6.61 Å². The van der Waals surface area contributed by atoms with Crippen LogP contribution in [0.15, 0.2) is 18.2 Å². The highest BCUT2D eigenvalue weighted by atomic mass is 16.5. The van der Waals surface area contributed by atoms with Crippen LogP contribution in [-0.2, 0) is 4.74 Å². The number of hydrogen-bond acceptors (Lipinski definition) is 3. The van der Waals surface area contributed by atoms with Gasteiger partial charge in [-0.2, -0.15) is 0 Å². The Morgan fingerprint density at radius 3 is 2.88 bits per heavy atom. The van der Waals surface area contributed by atoms with Crippen molar-refractivity contribution in [1.82, 2.24) is 0 Å². The van der Waals surface area contributed by atoms with Crippen LogP contribution >= 0.6 is 0 Å². The van der Waals surface area contributed by atoms with Gasteiger partial charge in [-0.3, -0.25) is 0 Å². The van der Waals surface area contributed by atoms with E-state index in [1.165, 1.54) is 5.56 Å². The van der Waals surface area contributed by atoms with Gasteiger partial charge in [-0.1, -0.05) is 6.07 Å². The second kappa shape index (κ2) is 5.21. The van der Waals surface area contributed by atoms with E-state index < -0.39 is 0 Å². The van der Waals surface area contributed by atoms with Crippen LogP contribution in [0.4, 0.5) is 0 Å². The fraction of sp³-hybridized carbons (Fsp3) is 0.538. The van der Waals surface area contributed by atoms with E-state index in [2.05, 4.69) is 0 Å². The van der Waals surface area contributed by atoms with Gasteiger partial charge in [0.2, 0.25) is 0 Å². The Labute approximate surface area is 96.3 Å². The van der Waals surface area contributed by atoms with Crippen molar-refractivity contribution < 1.29 is 14.2 Å². The summed E-state index contributed by atoms with van der Waals surface area (Å²) in [5, 5.41) is 0. The van der Waals surface area contributed by atoms with Crippen molar-refractivity contribution in [3.8, 4) is 11.5 Å². The molecule has 1 fully saturated rings. The quantitative estimate of drug-likeness (QED) is 0.786. The number of benzene rings is 1. The zero-order chi connectivity index (χ0) is 11.4. The molecule has 88 valence electrons. The second-order valence-electron chi connectivity index (χ2n) is 4.11. The van der Waals surface area contributed by atoms with E-state index in [0.29, 0.717) is 6.61 Å². The summed E-state index contributed by atoms with van der Waals surface area (Å²) in [5.41, 5.74) is 1.17. The maximum Gasteiger partial charge on any atom is 0.161 e. The zero-order valence-corrected chi connectivity index (χ0v) is 9.86. The van der Waals surface area contributed by atoms with E-state index in [1.807, 2.05) is 25.1 Å². The molecule has 16 heavy (non-hydrogen) atoms. The summed E-state index contributed by atoms with van der Waals surface area (Å²) >= 11 is 0. The molecule has 2 rings (SSSR count). The Morgan fingerprint density at radius 1 is 1.31 bits per heavy atom. The fourth-order valence-electron chi connectivity index (χ4n) is 1.86. The number of ether oxygens (including phenoxy) is 3. The van der Waals surface area contributed by atoms with Crippen LogP contribution < -0.4 is 9.47 Å². The van der Waals surface area contributed by atoms with E-state index in [4.69, 9.17) is 14.2 Å². The standard InChI is InChI=1S/C13H18O3/c1-10-5-6-12(13(8-10)14-2)16-11-4-3-7-15-9-11/h5-6,8,11H,3-4,7,9H2,1-2H3. The SMILES string of the molecule is COc1cc(C)ccc1OC1CCCOC1. The van der Waals surface area contributed by atoms with Gasteiger partial charge in [-0.15, -0.1) is 0 Å². The molecule has 1 unspecified atom stereocenters. The van der Waals surface area contributed by atoms with Crippen LogP contribution in [0.2, 0.25) is 0 Å². The van der Waals surface area contributed by atoms with Gasteiger partial charge in [0.1, 0.15) is 6.10 Å². The molecule has 3 heteroatoms. The minimum atomic E-state index is 0.158. The fourth-order valence-corrected chi connectivity index (χ4v) is 1.86. The molecular weight excluding hydrogens is 204 g/mol. The van der Waals surface area contributed by atoms with Crippen molar-refractivity contribution in [3.05, 3.63) is 23.8 Å². The van der Waals surface area contributed by atoms with Gasteiger partial charge < -0.3 is 14.2 Å². The van der Waals surface area contributed by atoms with Crippen LogP contribution in [0.5, 0.6) is 11.5 Å². The third-order valence-corrected chi connectivity index (χ3v) is 2.73. The molecule has 0 spiro atoms. The molecule has 0 N–H and O–H groups in total. The average Bonchev–Trinajstić information content (AvgIpc) is 2.33. The topological polar surface area (TPSA) is 27.7 Å². The van der Waals surface area contributed by atoms with Crippen molar-refractivity contribution in [1.29, 1.82) is 0 Å². The highest BCUT2D eigenvalue weighted by Crippen LogP contribution is 2.29. The summed E-state index contributed by atoms with van der Waals surface area (Å²) in [6, 6.07) is 5.98. The third-order valence-electron chi connectivity index (χ3n) is 2.73. The molecule has 0 amide bonds. The normalized spacial score (nSPS) is 20.5. The molecule has 3 nitrogen and oxygen atoms in total. The monoisotopic (exact) mass is 222 g/mol. The summed E-state index contributed by atoms with van der Waals surface area (Å²) in [6.07, 6.45) is 2.28. The lowest BCUT2D eigenvalue weighted by Crippen LogP contribution is -2.28. The number of methoxy groups -OCH3 is 1. The lowest BCUT2D eigenvalue weighted by Gasteiger charge is -2.24. The van der Waals surface area contributed by atoms with Gasteiger partial charge >= 0.3 is 0 Å². The number of rotatable bonds is 3. The van der Waals surface area contributed by atoms with Gasteiger partial charge in [-0.05, 0) is 37.5 Å². The molecule has 0 aromatic heterocycles. The molecule has 1 heterocycles. The maximum absolute atomic E-state index is 5.88. The summed E-state index contributed by atoms with van der Waals surface area (Å²) in [7, 11) is 1.67. The molecule has 1 aromatic rings. The Hall–Kier alpha value is -1.22. The van der Waals surface area contributed by atoms with Crippen LogP contribution in [0.1, 0.15) is 18.4 Å². The van der Waals surface area contributed by atoms with Crippen LogP contribution in [-0.4, -0.2) is 26.4 Å².